The number of hydrogen-bond donors (Lipinski definition) is 1. The molecule has 1 amide bonds. The highest BCUT2D eigenvalue weighted by Crippen LogP contribution is 2.27. The highest BCUT2D eigenvalue weighted by molar-refractivity contribution is 6.20. The Morgan fingerprint density at radius 2 is 2.12 bits per heavy atom. The SMILES string of the molecule is COCCOCC(=O)NCC1CCCCC1Cl. The Hall–Kier alpha value is -0.320. The number of ether oxygens (including phenoxy) is 2. The fourth-order valence-corrected chi connectivity index (χ4v) is 2.36. The van der Waals surface area contributed by atoms with Crippen molar-refractivity contribution >= 4 is 17.5 Å². The van der Waals surface area contributed by atoms with Gasteiger partial charge < -0.3 is 14.8 Å². The average Bonchev–Trinajstić information content (AvgIpc) is 2.34. The van der Waals surface area contributed by atoms with Crippen molar-refractivity contribution in [1.82, 2.24) is 5.32 Å². The summed E-state index contributed by atoms with van der Waals surface area (Å²) in [5, 5.41) is 3.08. The van der Waals surface area contributed by atoms with Crippen LogP contribution in [0, 0.1) is 5.92 Å². The van der Waals surface area contributed by atoms with Crippen molar-refractivity contribution in [1.29, 1.82) is 0 Å². The molecule has 100 valence electrons. The summed E-state index contributed by atoms with van der Waals surface area (Å²) in [6.45, 7) is 1.73. The van der Waals surface area contributed by atoms with Gasteiger partial charge in [0.1, 0.15) is 6.61 Å². The molecular formula is C12H22ClNO3. The van der Waals surface area contributed by atoms with E-state index in [1.54, 1.807) is 7.11 Å². The molecule has 0 saturated heterocycles. The van der Waals surface area contributed by atoms with E-state index in [-0.39, 0.29) is 17.9 Å². The predicted octanol–water partition coefficient (Wildman–Crippen LogP) is 1.56. The number of rotatable bonds is 7. The van der Waals surface area contributed by atoms with Crippen molar-refractivity contribution in [3.63, 3.8) is 0 Å². The maximum absolute atomic E-state index is 11.4. The first-order valence-corrected chi connectivity index (χ1v) is 6.65. The van der Waals surface area contributed by atoms with Crippen LogP contribution >= 0.6 is 11.6 Å². The van der Waals surface area contributed by atoms with Gasteiger partial charge in [0, 0.05) is 19.0 Å². The number of halogens is 1. The van der Waals surface area contributed by atoms with E-state index < -0.39 is 0 Å². The number of carbonyl (C=O) groups excluding carboxylic acids is 1. The van der Waals surface area contributed by atoms with E-state index in [2.05, 4.69) is 5.32 Å². The second kappa shape index (κ2) is 8.72. The molecule has 1 rings (SSSR count). The van der Waals surface area contributed by atoms with Crippen molar-refractivity contribution in [2.45, 2.75) is 31.1 Å². The third-order valence-electron chi connectivity index (χ3n) is 3.04. The smallest absolute Gasteiger partial charge is 0.246 e. The van der Waals surface area contributed by atoms with Crippen molar-refractivity contribution < 1.29 is 14.3 Å². The first-order chi connectivity index (χ1) is 8.24. The number of nitrogens with one attached hydrogen (secondary N) is 1. The van der Waals surface area contributed by atoms with Crippen molar-refractivity contribution in [3.8, 4) is 0 Å². The van der Waals surface area contributed by atoms with Crippen LogP contribution in [0.1, 0.15) is 25.7 Å². The third-order valence-corrected chi connectivity index (χ3v) is 3.62. The van der Waals surface area contributed by atoms with Gasteiger partial charge >= 0.3 is 0 Å². The molecule has 1 N–H and O–H groups in total. The largest absolute Gasteiger partial charge is 0.382 e. The molecule has 0 heterocycles. The summed E-state index contributed by atoms with van der Waals surface area (Å²) >= 11 is 6.21. The Balaban J connectivity index is 2.06. The highest BCUT2D eigenvalue weighted by Gasteiger charge is 2.23. The van der Waals surface area contributed by atoms with Gasteiger partial charge in [-0.15, -0.1) is 11.6 Å². The first kappa shape index (κ1) is 14.7. The summed E-state index contributed by atoms with van der Waals surface area (Å²) in [4.78, 5) is 11.4. The normalized spacial score (nSPS) is 24.6. The topological polar surface area (TPSA) is 47.6 Å². The molecule has 0 aromatic heterocycles. The van der Waals surface area contributed by atoms with Gasteiger partial charge in [-0.2, -0.15) is 0 Å². The van der Waals surface area contributed by atoms with Gasteiger partial charge in [-0.1, -0.05) is 12.8 Å². The quantitative estimate of drug-likeness (QED) is 0.560. The third kappa shape index (κ3) is 6.24. The number of carbonyl (C=O) groups is 1. The lowest BCUT2D eigenvalue weighted by molar-refractivity contribution is -0.126. The Bertz CT molecular complexity index is 226. The predicted molar refractivity (Wildman–Crippen MR) is 67.3 cm³/mol. The van der Waals surface area contributed by atoms with E-state index in [0.717, 1.165) is 12.8 Å². The van der Waals surface area contributed by atoms with E-state index in [9.17, 15) is 4.79 Å². The van der Waals surface area contributed by atoms with Crippen LogP contribution in [0.4, 0.5) is 0 Å². The molecule has 2 unspecified atom stereocenters. The van der Waals surface area contributed by atoms with Crippen LogP contribution < -0.4 is 5.32 Å². The standard InChI is InChI=1S/C12H22ClNO3/c1-16-6-7-17-9-12(15)14-8-10-4-2-3-5-11(10)13/h10-11H,2-9H2,1H3,(H,14,15). The number of amides is 1. The minimum absolute atomic E-state index is 0.0736. The lowest BCUT2D eigenvalue weighted by atomic mass is 9.89. The molecule has 4 nitrogen and oxygen atoms in total. The fourth-order valence-electron chi connectivity index (χ4n) is 2.00. The van der Waals surface area contributed by atoms with Gasteiger partial charge in [-0.25, -0.2) is 0 Å². The zero-order valence-electron chi connectivity index (χ0n) is 10.4. The van der Waals surface area contributed by atoms with Crippen LogP contribution in [0.25, 0.3) is 0 Å². The molecule has 1 aliphatic carbocycles. The van der Waals surface area contributed by atoms with Gasteiger partial charge in [-0.3, -0.25) is 4.79 Å². The molecule has 0 bridgehead atoms. The van der Waals surface area contributed by atoms with Crippen LogP contribution in [0.15, 0.2) is 0 Å². The molecule has 0 radical (unpaired) electrons. The molecule has 0 aliphatic heterocycles. The lowest BCUT2D eigenvalue weighted by Crippen LogP contribution is -2.36. The summed E-state index contributed by atoms with van der Waals surface area (Å²) in [5.74, 6) is 0.337. The second-order valence-corrected chi connectivity index (χ2v) is 4.97. The summed E-state index contributed by atoms with van der Waals surface area (Å²) in [6, 6.07) is 0. The molecular weight excluding hydrogens is 242 g/mol. The zero-order valence-corrected chi connectivity index (χ0v) is 11.2. The minimum Gasteiger partial charge on any atom is -0.382 e. The molecule has 1 fully saturated rings. The van der Waals surface area contributed by atoms with Gasteiger partial charge in [0.25, 0.3) is 0 Å². The molecule has 17 heavy (non-hydrogen) atoms. The Morgan fingerprint density at radius 3 is 2.82 bits per heavy atom. The van der Waals surface area contributed by atoms with Gasteiger partial charge in [-0.05, 0) is 18.8 Å². The minimum atomic E-state index is -0.0736. The summed E-state index contributed by atoms with van der Waals surface area (Å²) < 4.78 is 9.95. The number of hydrogen-bond acceptors (Lipinski definition) is 3. The highest BCUT2D eigenvalue weighted by atomic mass is 35.5. The molecule has 1 saturated carbocycles. The van der Waals surface area contributed by atoms with E-state index in [1.165, 1.54) is 12.8 Å². The monoisotopic (exact) mass is 263 g/mol. The van der Waals surface area contributed by atoms with E-state index >= 15 is 0 Å². The molecule has 2 atom stereocenters. The maximum atomic E-state index is 11.4. The lowest BCUT2D eigenvalue weighted by Gasteiger charge is -2.27. The van der Waals surface area contributed by atoms with Crippen LogP contribution in [0.3, 0.4) is 0 Å². The van der Waals surface area contributed by atoms with Crippen LogP contribution in [0.5, 0.6) is 0 Å². The van der Waals surface area contributed by atoms with Crippen LogP contribution in [0.2, 0.25) is 0 Å². The van der Waals surface area contributed by atoms with Crippen LogP contribution in [-0.4, -0.2) is 44.8 Å². The average molecular weight is 264 g/mol. The van der Waals surface area contributed by atoms with E-state index in [4.69, 9.17) is 21.1 Å². The Morgan fingerprint density at radius 1 is 1.35 bits per heavy atom. The van der Waals surface area contributed by atoms with Gasteiger partial charge in [0.15, 0.2) is 0 Å². The van der Waals surface area contributed by atoms with Gasteiger partial charge in [0.05, 0.1) is 13.2 Å². The van der Waals surface area contributed by atoms with E-state index in [0.29, 0.717) is 25.7 Å². The molecule has 5 heteroatoms. The fraction of sp³-hybridized carbons (Fsp3) is 0.917. The van der Waals surface area contributed by atoms with E-state index in [1.807, 2.05) is 0 Å². The van der Waals surface area contributed by atoms with Crippen molar-refractivity contribution in [2.75, 3.05) is 33.5 Å². The molecule has 0 aromatic carbocycles. The Kier molecular flexibility index (Phi) is 7.56. The zero-order chi connectivity index (χ0) is 12.5. The Labute approximate surface area is 108 Å². The van der Waals surface area contributed by atoms with Crippen molar-refractivity contribution in [2.24, 2.45) is 5.92 Å². The summed E-state index contributed by atoms with van der Waals surface area (Å²) in [5.41, 5.74) is 0. The first-order valence-electron chi connectivity index (χ1n) is 6.21. The number of methoxy groups -OCH3 is 1. The molecule has 1 aliphatic rings. The molecule has 0 spiro atoms. The number of alkyl halides is 1. The van der Waals surface area contributed by atoms with Crippen LogP contribution in [-0.2, 0) is 14.3 Å². The summed E-state index contributed by atoms with van der Waals surface area (Å²) in [6.07, 6.45) is 4.60. The van der Waals surface area contributed by atoms with Crippen molar-refractivity contribution in [3.05, 3.63) is 0 Å². The second-order valence-electron chi connectivity index (χ2n) is 4.41. The summed E-state index contributed by atoms with van der Waals surface area (Å²) in [7, 11) is 1.60. The molecule has 0 aromatic rings. The maximum Gasteiger partial charge on any atom is 0.246 e. The van der Waals surface area contributed by atoms with Gasteiger partial charge in [0.2, 0.25) is 5.91 Å².